The molecule has 0 aliphatic heterocycles. The topological polar surface area (TPSA) is 66.4 Å². The van der Waals surface area contributed by atoms with Crippen LogP contribution >= 0.6 is 0 Å². The van der Waals surface area contributed by atoms with Crippen molar-refractivity contribution in [1.29, 1.82) is 0 Å². The smallest absolute Gasteiger partial charge is 0.328 e. The Hall–Kier alpha value is -2.17. The lowest BCUT2D eigenvalue weighted by Gasteiger charge is -2.06. The number of carboxylic acids is 1. The Morgan fingerprint density at radius 2 is 2.17 bits per heavy atom. The van der Waals surface area contributed by atoms with E-state index in [1.54, 1.807) is 0 Å². The number of halogens is 1. The van der Waals surface area contributed by atoms with E-state index in [2.05, 4.69) is 5.32 Å². The summed E-state index contributed by atoms with van der Waals surface area (Å²) in [5.74, 6) is -1.94. The van der Waals surface area contributed by atoms with Crippen molar-refractivity contribution in [3.8, 4) is 0 Å². The molecular formula is C13H14FNO3. The number of nitrogens with one attached hydrogen (secondary N) is 1. The number of carboxylic acid groups (broad SMARTS) is 1. The Balaban J connectivity index is 2.79. The van der Waals surface area contributed by atoms with Crippen molar-refractivity contribution < 1.29 is 19.1 Å². The zero-order valence-corrected chi connectivity index (χ0v) is 9.94. The van der Waals surface area contributed by atoms with E-state index < -0.39 is 11.8 Å². The van der Waals surface area contributed by atoms with Gasteiger partial charge in [-0.05, 0) is 30.2 Å². The number of hydrogen-bond donors (Lipinski definition) is 2. The number of hydrogen-bond acceptors (Lipinski definition) is 2. The number of aliphatic carboxylic acids is 1. The third kappa shape index (κ3) is 4.37. The molecule has 0 atom stereocenters. The summed E-state index contributed by atoms with van der Waals surface area (Å²) in [6.07, 6.45) is 3.22. The number of amides is 1. The lowest BCUT2D eigenvalue weighted by Crippen LogP contribution is -2.11. The Kier molecular flexibility index (Phi) is 5.05. The van der Waals surface area contributed by atoms with Crippen LogP contribution in [0.1, 0.15) is 25.3 Å². The Labute approximate surface area is 104 Å². The molecular weight excluding hydrogens is 237 g/mol. The first-order valence-electron chi connectivity index (χ1n) is 5.53. The molecule has 0 aliphatic carbocycles. The van der Waals surface area contributed by atoms with Crippen LogP contribution in [0.25, 0.3) is 6.08 Å². The van der Waals surface area contributed by atoms with Gasteiger partial charge >= 0.3 is 5.97 Å². The summed E-state index contributed by atoms with van der Waals surface area (Å²) in [5, 5.41) is 10.9. The molecule has 0 saturated carbocycles. The van der Waals surface area contributed by atoms with E-state index in [9.17, 15) is 14.0 Å². The Bertz CT molecular complexity index is 483. The molecule has 0 unspecified atom stereocenters. The van der Waals surface area contributed by atoms with Crippen molar-refractivity contribution >= 4 is 23.6 Å². The minimum Gasteiger partial charge on any atom is -0.478 e. The van der Waals surface area contributed by atoms with Gasteiger partial charge in [0.1, 0.15) is 5.82 Å². The fourth-order valence-electron chi connectivity index (χ4n) is 1.34. The highest BCUT2D eigenvalue weighted by Gasteiger charge is 2.06. The van der Waals surface area contributed by atoms with Crippen molar-refractivity contribution in [3.05, 3.63) is 35.7 Å². The van der Waals surface area contributed by atoms with Gasteiger partial charge in [-0.25, -0.2) is 9.18 Å². The molecule has 1 amide bonds. The van der Waals surface area contributed by atoms with Gasteiger partial charge in [0.25, 0.3) is 0 Å². The monoisotopic (exact) mass is 251 g/mol. The lowest BCUT2D eigenvalue weighted by atomic mass is 10.1. The van der Waals surface area contributed by atoms with Crippen LogP contribution in [0.3, 0.4) is 0 Å². The molecule has 0 aromatic heterocycles. The molecule has 0 radical (unpaired) electrons. The number of carbonyl (C=O) groups is 2. The summed E-state index contributed by atoms with van der Waals surface area (Å²) in [6, 6.07) is 4.11. The van der Waals surface area contributed by atoms with Gasteiger partial charge in [-0.3, -0.25) is 4.79 Å². The molecule has 18 heavy (non-hydrogen) atoms. The van der Waals surface area contributed by atoms with Gasteiger partial charge in [0, 0.05) is 12.5 Å². The maximum atomic E-state index is 13.6. The second kappa shape index (κ2) is 6.54. The van der Waals surface area contributed by atoms with E-state index in [1.165, 1.54) is 24.3 Å². The van der Waals surface area contributed by atoms with E-state index in [1.807, 2.05) is 6.92 Å². The molecule has 0 fully saturated rings. The SMILES string of the molecule is CCCC(=O)Nc1ccc(/C=C/C(=O)O)cc1F. The molecule has 2 N–H and O–H groups in total. The molecule has 96 valence electrons. The average Bonchev–Trinajstić information content (AvgIpc) is 2.30. The summed E-state index contributed by atoms with van der Waals surface area (Å²) >= 11 is 0. The van der Waals surface area contributed by atoms with Crippen LogP contribution in [-0.2, 0) is 9.59 Å². The Morgan fingerprint density at radius 3 is 2.72 bits per heavy atom. The van der Waals surface area contributed by atoms with Gasteiger partial charge < -0.3 is 10.4 Å². The summed E-state index contributed by atoms with van der Waals surface area (Å²) in [7, 11) is 0. The third-order valence-electron chi connectivity index (χ3n) is 2.16. The van der Waals surface area contributed by atoms with E-state index in [-0.39, 0.29) is 11.6 Å². The van der Waals surface area contributed by atoms with Gasteiger partial charge in [0.15, 0.2) is 0 Å². The van der Waals surface area contributed by atoms with E-state index in [4.69, 9.17) is 5.11 Å². The van der Waals surface area contributed by atoms with Crippen molar-refractivity contribution in [2.45, 2.75) is 19.8 Å². The highest BCUT2D eigenvalue weighted by Crippen LogP contribution is 2.17. The fourth-order valence-corrected chi connectivity index (χ4v) is 1.34. The van der Waals surface area contributed by atoms with Crippen LogP contribution in [0, 0.1) is 5.82 Å². The van der Waals surface area contributed by atoms with Crippen LogP contribution in [0.4, 0.5) is 10.1 Å². The predicted molar refractivity (Wildman–Crippen MR) is 66.6 cm³/mol. The van der Waals surface area contributed by atoms with Gasteiger partial charge in [-0.2, -0.15) is 0 Å². The van der Waals surface area contributed by atoms with Gasteiger partial charge in [0.05, 0.1) is 5.69 Å². The van der Waals surface area contributed by atoms with Crippen molar-refractivity contribution in [2.75, 3.05) is 5.32 Å². The predicted octanol–water partition coefficient (Wildman–Crippen LogP) is 2.66. The largest absolute Gasteiger partial charge is 0.478 e. The number of anilines is 1. The van der Waals surface area contributed by atoms with Crippen LogP contribution in [0.15, 0.2) is 24.3 Å². The first kappa shape index (κ1) is 13.9. The van der Waals surface area contributed by atoms with Gasteiger partial charge in [0.2, 0.25) is 5.91 Å². The summed E-state index contributed by atoms with van der Waals surface area (Å²) < 4.78 is 13.6. The molecule has 0 heterocycles. The third-order valence-corrected chi connectivity index (χ3v) is 2.16. The molecule has 0 saturated heterocycles. The Morgan fingerprint density at radius 1 is 1.44 bits per heavy atom. The molecule has 0 bridgehead atoms. The first-order valence-corrected chi connectivity index (χ1v) is 5.53. The molecule has 5 heteroatoms. The highest BCUT2D eigenvalue weighted by atomic mass is 19.1. The van der Waals surface area contributed by atoms with Crippen molar-refractivity contribution in [3.63, 3.8) is 0 Å². The molecule has 1 aromatic rings. The van der Waals surface area contributed by atoms with Crippen LogP contribution in [0.2, 0.25) is 0 Å². The minimum atomic E-state index is -1.10. The molecule has 4 nitrogen and oxygen atoms in total. The van der Waals surface area contributed by atoms with Gasteiger partial charge in [-0.15, -0.1) is 0 Å². The second-order valence-electron chi connectivity index (χ2n) is 3.71. The maximum absolute atomic E-state index is 13.6. The van der Waals surface area contributed by atoms with Gasteiger partial charge in [-0.1, -0.05) is 13.0 Å². The quantitative estimate of drug-likeness (QED) is 0.790. The lowest BCUT2D eigenvalue weighted by molar-refractivity contribution is -0.131. The minimum absolute atomic E-state index is 0.0981. The molecule has 0 spiro atoms. The zero-order valence-electron chi connectivity index (χ0n) is 9.94. The maximum Gasteiger partial charge on any atom is 0.328 e. The van der Waals surface area contributed by atoms with E-state index in [0.717, 1.165) is 6.08 Å². The first-order chi connectivity index (χ1) is 8.52. The standard InChI is InChI=1S/C13H14FNO3/c1-2-3-12(16)15-11-6-4-9(8-10(11)14)5-7-13(17)18/h4-8H,2-3H2,1H3,(H,15,16)(H,17,18)/b7-5+. The van der Waals surface area contributed by atoms with Crippen LogP contribution < -0.4 is 5.32 Å². The fraction of sp³-hybridized carbons (Fsp3) is 0.231. The van der Waals surface area contributed by atoms with Crippen LogP contribution in [-0.4, -0.2) is 17.0 Å². The molecule has 0 aliphatic rings. The summed E-state index contributed by atoms with van der Waals surface area (Å²) in [5.41, 5.74) is 0.518. The number of rotatable bonds is 5. The van der Waals surface area contributed by atoms with Crippen LogP contribution in [0.5, 0.6) is 0 Å². The molecule has 1 rings (SSSR count). The van der Waals surface area contributed by atoms with Crippen molar-refractivity contribution in [1.82, 2.24) is 0 Å². The van der Waals surface area contributed by atoms with E-state index in [0.29, 0.717) is 18.4 Å². The normalized spacial score (nSPS) is 10.6. The number of carbonyl (C=O) groups excluding carboxylic acids is 1. The van der Waals surface area contributed by atoms with E-state index >= 15 is 0 Å². The van der Waals surface area contributed by atoms with Crippen molar-refractivity contribution in [2.24, 2.45) is 0 Å². The number of benzene rings is 1. The summed E-state index contributed by atoms with van der Waals surface area (Å²) in [6.45, 7) is 1.86. The summed E-state index contributed by atoms with van der Waals surface area (Å²) in [4.78, 5) is 21.6. The molecule has 1 aromatic carbocycles. The zero-order chi connectivity index (χ0) is 13.5. The average molecular weight is 251 g/mol. The highest BCUT2D eigenvalue weighted by molar-refractivity contribution is 5.91. The second-order valence-corrected chi connectivity index (χ2v) is 3.71.